The smallest absolute Gasteiger partial charge is 0.254 e. The number of hydrogen-bond donors (Lipinski definition) is 1. The van der Waals surface area contributed by atoms with Gasteiger partial charge in [-0.2, -0.15) is 14.6 Å². The Kier molecular flexibility index (Phi) is 4.77. The minimum absolute atomic E-state index is 0.241. The molecule has 0 amide bonds. The maximum absolute atomic E-state index is 9.50. The summed E-state index contributed by atoms with van der Waals surface area (Å²) in [5, 5.41) is 13.8. The van der Waals surface area contributed by atoms with Crippen LogP contribution in [0.2, 0.25) is 0 Å². The highest BCUT2D eigenvalue weighted by Crippen LogP contribution is 2.22. The van der Waals surface area contributed by atoms with E-state index in [4.69, 9.17) is 0 Å². The number of anilines is 1. The Bertz CT molecular complexity index is 647. The van der Waals surface area contributed by atoms with Gasteiger partial charge in [-0.1, -0.05) is 0 Å². The van der Waals surface area contributed by atoms with E-state index >= 15 is 0 Å². The molecule has 0 bridgehead atoms. The molecule has 0 aliphatic carbocycles. The standard InChI is InChI=1S/C16H26N6O/c1-12-8-15(22-16(19-12)17-11-18-22)20(3)10-14-4-6-21(7-5-14)9-13(2)23/h8,11,13-14,23H,4-7,9-10H2,1-3H3. The summed E-state index contributed by atoms with van der Waals surface area (Å²) in [5.41, 5.74) is 0.958. The monoisotopic (exact) mass is 318 g/mol. The Labute approximate surface area is 136 Å². The lowest BCUT2D eigenvalue weighted by atomic mass is 9.96. The van der Waals surface area contributed by atoms with Crippen LogP contribution in [-0.4, -0.2) is 68.9 Å². The Morgan fingerprint density at radius 3 is 2.83 bits per heavy atom. The van der Waals surface area contributed by atoms with Crippen molar-refractivity contribution in [2.24, 2.45) is 5.92 Å². The van der Waals surface area contributed by atoms with E-state index in [9.17, 15) is 5.11 Å². The van der Waals surface area contributed by atoms with Crippen LogP contribution in [0.5, 0.6) is 0 Å². The second-order valence-electron chi connectivity index (χ2n) is 6.70. The first-order valence-electron chi connectivity index (χ1n) is 8.32. The molecule has 0 aromatic carbocycles. The van der Waals surface area contributed by atoms with Crippen molar-refractivity contribution in [3.63, 3.8) is 0 Å². The van der Waals surface area contributed by atoms with E-state index in [0.29, 0.717) is 11.7 Å². The number of piperidine rings is 1. The number of rotatable bonds is 5. The number of aliphatic hydroxyl groups is 1. The molecule has 7 heteroatoms. The number of fused-ring (bicyclic) bond motifs is 1. The zero-order valence-corrected chi connectivity index (χ0v) is 14.2. The van der Waals surface area contributed by atoms with Crippen LogP contribution in [0.3, 0.4) is 0 Å². The summed E-state index contributed by atoms with van der Waals surface area (Å²) in [7, 11) is 2.11. The van der Waals surface area contributed by atoms with E-state index in [1.807, 2.05) is 13.8 Å². The lowest BCUT2D eigenvalue weighted by Gasteiger charge is -2.34. The van der Waals surface area contributed by atoms with Crippen LogP contribution in [0.1, 0.15) is 25.5 Å². The average molecular weight is 318 g/mol. The number of nitrogens with zero attached hydrogens (tertiary/aromatic N) is 6. The average Bonchev–Trinajstić information content (AvgIpc) is 2.95. The van der Waals surface area contributed by atoms with Crippen molar-refractivity contribution in [1.82, 2.24) is 24.5 Å². The quantitative estimate of drug-likeness (QED) is 0.885. The molecule has 3 heterocycles. The van der Waals surface area contributed by atoms with Gasteiger partial charge in [0.05, 0.1) is 6.10 Å². The van der Waals surface area contributed by atoms with Crippen molar-refractivity contribution < 1.29 is 5.11 Å². The third kappa shape index (κ3) is 3.79. The number of β-amino-alcohol motifs (C(OH)–C–C–N with tert-alkyl or cyclic N) is 1. The van der Waals surface area contributed by atoms with Gasteiger partial charge < -0.3 is 14.9 Å². The molecule has 1 fully saturated rings. The molecule has 1 unspecified atom stereocenters. The van der Waals surface area contributed by atoms with E-state index in [2.05, 4.69) is 38.0 Å². The molecule has 1 saturated heterocycles. The molecular weight excluding hydrogens is 292 g/mol. The lowest BCUT2D eigenvalue weighted by molar-refractivity contribution is 0.101. The highest BCUT2D eigenvalue weighted by Gasteiger charge is 2.22. The molecule has 126 valence electrons. The van der Waals surface area contributed by atoms with E-state index < -0.39 is 0 Å². The summed E-state index contributed by atoms with van der Waals surface area (Å²) in [4.78, 5) is 13.2. The molecular formula is C16H26N6O. The van der Waals surface area contributed by atoms with Crippen LogP contribution in [0, 0.1) is 12.8 Å². The fourth-order valence-corrected chi connectivity index (χ4v) is 3.39. The summed E-state index contributed by atoms with van der Waals surface area (Å²) in [6.45, 7) is 7.76. The van der Waals surface area contributed by atoms with Crippen molar-refractivity contribution in [3.05, 3.63) is 18.1 Å². The number of aryl methyl sites for hydroxylation is 1. The summed E-state index contributed by atoms with van der Waals surface area (Å²) >= 11 is 0. The Morgan fingerprint density at radius 2 is 2.13 bits per heavy atom. The predicted molar refractivity (Wildman–Crippen MR) is 89.6 cm³/mol. The molecule has 23 heavy (non-hydrogen) atoms. The van der Waals surface area contributed by atoms with Crippen LogP contribution >= 0.6 is 0 Å². The van der Waals surface area contributed by atoms with Gasteiger partial charge in [0, 0.05) is 31.9 Å². The Morgan fingerprint density at radius 1 is 1.39 bits per heavy atom. The molecule has 3 rings (SSSR count). The lowest BCUT2D eigenvalue weighted by Crippen LogP contribution is -2.40. The fraction of sp³-hybridized carbons (Fsp3) is 0.688. The van der Waals surface area contributed by atoms with Gasteiger partial charge in [-0.3, -0.25) is 0 Å². The van der Waals surface area contributed by atoms with E-state index in [0.717, 1.165) is 37.7 Å². The largest absolute Gasteiger partial charge is 0.392 e. The molecule has 1 atom stereocenters. The molecule has 1 N–H and O–H groups in total. The number of hydrogen-bond acceptors (Lipinski definition) is 6. The highest BCUT2D eigenvalue weighted by molar-refractivity contribution is 5.46. The molecule has 2 aromatic heterocycles. The van der Waals surface area contributed by atoms with Crippen molar-refractivity contribution in [1.29, 1.82) is 0 Å². The van der Waals surface area contributed by atoms with Crippen molar-refractivity contribution >= 4 is 11.6 Å². The van der Waals surface area contributed by atoms with Crippen LogP contribution in [0.15, 0.2) is 12.4 Å². The van der Waals surface area contributed by atoms with Gasteiger partial charge in [0.25, 0.3) is 5.78 Å². The van der Waals surface area contributed by atoms with Crippen LogP contribution in [0.4, 0.5) is 5.82 Å². The maximum atomic E-state index is 9.50. The SMILES string of the molecule is Cc1cc(N(C)CC2CCN(CC(C)O)CC2)n2ncnc2n1. The summed E-state index contributed by atoms with van der Waals surface area (Å²) in [6.07, 6.45) is 3.64. The van der Waals surface area contributed by atoms with E-state index in [-0.39, 0.29) is 6.10 Å². The zero-order valence-electron chi connectivity index (χ0n) is 14.2. The predicted octanol–water partition coefficient (Wildman–Crippen LogP) is 0.962. The van der Waals surface area contributed by atoms with Crippen LogP contribution < -0.4 is 4.90 Å². The van der Waals surface area contributed by atoms with Crippen molar-refractivity contribution in [3.8, 4) is 0 Å². The molecule has 0 saturated carbocycles. The maximum Gasteiger partial charge on any atom is 0.254 e. The van der Waals surface area contributed by atoms with Crippen LogP contribution in [-0.2, 0) is 0 Å². The minimum Gasteiger partial charge on any atom is -0.392 e. The zero-order chi connectivity index (χ0) is 16.4. The van der Waals surface area contributed by atoms with Crippen LogP contribution in [0.25, 0.3) is 5.78 Å². The topological polar surface area (TPSA) is 69.8 Å². The van der Waals surface area contributed by atoms with Gasteiger partial charge in [-0.05, 0) is 45.7 Å². The molecule has 0 radical (unpaired) electrons. The highest BCUT2D eigenvalue weighted by atomic mass is 16.3. The number of aromatic nitrogens is 4. The second kappa shape index (κ2) is 6.80. The van der Waals surface area contributed by atoms with E-state index in [1.54, 1.807) is 10.8 Å². The Balaban J connectivity index is 1.63. The normalized spacial score (nSPS) is 18.4. The van der Waals surface area contributed by atoms with Crippen molar-refractivity contribution in [2.45, 2.75) is 32.8 Å². The first-order valence-corrected chi connectivity index (χ1v) is 8.32. The van der Waals surface area contributed by atoms with E-state index in [1.165, 1.54) is 12.8 Å². The summed E-state index contributed by atoms with van der Waals surface area (Å²) < 4.78 is 1.80. The first kappa shape index (κ1) is 16.1. The van der Waals surface area contributed by atoms with Gasteiger partial charge in [-0.25, -0.2) is 4.98 Å². The minimum atomic E-state index is -0.241. The fourth-order valence-electron chi connectivity index (χ4n) is 3.39. The third-order valence-corrected chi connectivity index (χ3v) is 4.51. The number of aliphatic hydroxyl groups excluding tert-OH is 1. The second-order valence-corrected chi connectivity index (χ2v) is 6.70. The molecule has 1 aliphatic rings. The molecule has 0 spiro atoms. The van der Waals surface area contributed by atoms with Gasteiger partial charge in [0.2, 0.25) is 0 Å². The van der Waals surface area contributed by atoms with Gasteiger partial charge in [0.15, 0.2) is 0 Å². The number of likely N-dealkylation sites (tertiary alicyclic amines) is 1. The summed E-state index contributed by atoms with van der Waals surface area (Å²) in [5.74, 6) is 2.35. The third-order valence-electron chi connectivity index (χ3n) is 4.51. The first-order chi connectivity index (χ1) is 11.0. The van der Waals surface area contributed by atoms with Gasteiger partial charge in [0.1, 0.15) is 12.1 Å². The molecule has 2 aromatic rings. The molecule has 1 aliphatic heterocycles. The van der Waals surface area contributed by atoms with Gasteiger partial charge >= 0.3 is 0 Å². The Hall–Kier alpha value is -1.73. The van der Waals surface area contributed by atoms with Gasteiger partial charge in [-0.15, -0.1) is 0 Å². The van der Waals surface area contributed by atoms with Crippen molar-refractivity contribution in [2.75, 3.05) is 38.1 Å². The molecule has 7 nitrogen and oxygen atoms in total. The summed E-state index contributed by atoms with van der Waals surface area (Å²) in [6, 6.07) is 2.06.